The number of rotatable bonds is 12. The molecule has 13 heteroatoms. The highest BCUT2D eigenvalue weighted by Crippen LogP contribution is 2.38. The molecule has 1 aliphatic carbocycles. The van der Waals surface area contributed by atoms with E-state index in [0.717, 1.165) is 49.8 Å². The highest BCUT2D eigenvalue weighted by atomic mass is 35.5. The van der Waals surface area contributed by atoms with Gasteiger partial charge in [0.15, 0.2) is 0 Å². The van der Waals surface area contributed by atoms with E-state index in [1.165, 1.54) is 29.2 Å². The van der Waals surface area contributed by atoms with Crippen LogP contribution in [-0.2, 0) is 38.8 Å². The molecule has 264 valence electrons. The first-order chi connectivity index (χ1) is 23.8. The first-order valence-corrected chi connectivity index (χ1v) is 18.4. The largest absolute Gasteiger partial charge is 0.417 e. The Morgan fingerprint density at radius 1 is 0.820 bits per heavy atom. The second-order valence-electron chi connectivity index (χ2n) is 12.2. The van der Waals surface area contributed by atoms with Gasteiger partial charge in [-0.3, -0.25) is 13.9 Å². The van der Waals surface area contributed by atoms with Gasteiger partial charge in [-0.2, -0.15) is 13.2 Å². The van der Waals surface area contributed by atoms with Gasteiger partial charge in [0.2, 0.25) is 11.8 Å². The molecule has 50 heavy (non-hydrogen) atoms. The number of sulfonamides is 1. The van der Waals surface area contributed by atoms with Crippen LogP contribution < -0.4 is 9.62 Å². The molecule has 2 amide bonds. The monoisotopic (exact) mass is 745 g/mol. The summed E-state index contributed by atoms with van der Waals surface area (Å²) < 4.78 is 70.9. The number of anilines is 1. The number of hydrogen-bond acceptors (Lipinski definition) is 4. The molecule has 0 aliphatic heterocycles. The van der Waals surface area contributed by atoms with Gasteiger partial charge in [0.1, 0.15) is 12.6 Å². The highest BCUT2D eigenvalue weighted by Gasteiger charge is 2.38. The van der Waals surface area contributed by atoms with Crippen LogP contribution in [0.15, 0.2) is 108 Å². The zero-order chi connectivity index (χ0) is 35.9. The highest BCUT2D eigenvalue weighted by molar-refractivity contribution is 7.92. The molecule has 0 radical (unpaired) electrons. The second-order valence-corrected chi connectivity index (χ2v) is 14.9. The summed E-state index contributed by atoms with van der Waals surface area (Å²) in [5, 5.41) is 2.94. The van der Waals surface area contributed by atoms with Crippen molar-refractivity contribution >= 4 is 50.7 Å². The average Bonchev–Trinajstić information content (AvgIpc) is 3.10. The average molecular weight is 747 g/mol. The minimum absolute atomic E-state index is 0.0909. The summed E-state index contributed by atoms with van der Waals surface area (Å²) in [6.07, 6.45) is -0.259. The summed E-state index contributed by atoms with van der Waals surface area (Å²) in [5.41, 5.74) is -0.318. The lowest BCUT2D eigenvalue weighted by molar-refractivity contribution is -0.140. The van der Waals surface area contributed by atoms with Gasteiger partial charge in [-0.15, -0.1) is 0 Å². The van der Waals surface area contributed by atoms with Crippen molar-refractivity contribution in [2.75, 3.05) is 10.8 Å². The van der Waals surface area contributed by atoms with Crippen LogP contribution in [0.3, 0.4) is 0 Å². The maximum atomic E-state index is 14.6. The molecule has 1 N–H and O–H groups in total. The van der Waals surface area contributed by atoms with Crippen LogP contribution in [-0.4, -0.2) is 43.8 Å². The third-order valence-corrected chi connectivity index (χ3v) is 11.0. The number of carbonyl (C=O) groups is 2. The molecule has 0 aromatic heterocycles. The third kappa shape index (κ3) is 9.38. The van der Waals surface area contributed by atoms with Crippen molar-refractivity contribution in [3.8, 4) is 0 Å². The van der Waals surface area contributed by atoms with Crippen LogP contribution in [0.5, 0.6) is 0 Å². The number of amides is 2. The molecule has 0 saturated heterocycles. The number of benzene rings is 4. The Morgan fingerprint density at radius 2 is 1.44 bits per heavy atom. The summed E-state index contributed by atoms with van der Waals surface area (Å²) in [6, 6.07) is 24.3. The van der Waals surface area contributed by atoms with Gasteiger partial charge in [0, 0.05) is 24.0 Å². The summed E-state index contributed by atoms with van der Waals surface area (Å²) >= 11 is 12.0. The Morgan fingerprint density at radius 3 is 2.06 bits per heavy atom. The van der Waals surface area contributed by atoms with E-state index in [2.05, 4.69) is 5.32 Å². The van der Waals surface area contributed by atoms with Gasteiger partial charge in [0.25, 0.3) is 10.0 Å². The van der Waals surface area contributed by atoms with E-state index >= 15 is 0 Å². The summed E-state index contributed by atoms with van der Waals surface area (Å²) in [5.74, 6) is -1.21. The first kappa shape index (κ1) is 37.2. The van der Waals surface area contributed by atoms with E-state index in [0.29, 0.717) is 21.0 Å². The van der Waals surface area contributed by atoms with Gasteiger partial charge in [0.05, 0.1) is 21.2 Å². The van der Waals surface area contributed by atoms with Crippen LogP contribution in [0.25, 0.3) is 0 Å². The molecule has 1 saturated carbocycles. The van der Waals surface area contributed by atoms with Gasteiger partial charge >= 0.3 is 6.18 Å². The maximum Gasteiger partial charge on any atom is 0.417 e. The van der Waals surface area contributed by atoms with Crippen LogP contribution >= 0.6 is 23.2 Å². The first-order valence-electron chi connectivity index (χ1n) is 16.2. The number of alkyl halides is 3. The second kappa shape index (κ2) is 16.3. The van der Waals surface area contributed by atoms with Crippen molar-refractivity contribution in [1.82, 2.24) is 10.2 Å². The lowest BCUT2D eigenvalue weighted by atomic mass is 9.94. The Labute approximate surface area is 300 Å². The van der Waals surface area contributed by atoms with Gasteiger partial charge in [-0.05, 0) is 66.4 Å². The van der Waals surface area contributed by atoms with Gasteiger partial charge in [-0.1, -0.05) is 103 Å². The Bertz CT molecular complexity index is 1870. The Balaban J connectivity index is 1.60. The molecule has 4 aromatic carbocycles. The van der Waals surface area contributed by atoms with E-state index in [4.69, 9.17) is 23.2 Å². The zero-order valence-electron chi connectivity index (χ0n) is 27.0. The summed E-state index contributed by atoms with van der Waals surface area (Å²) in [4.78, 5) is 29.8. The van der Waals surface area contributed by atoms with Gasteiger partial charge in [-0.25, -0.2) is 8.42 Å². The fourth-order valence-corrected chi connectivity index (χ4v) is 7.80. The molecular weight excluding hydrogens is 710 g/mol. The van der Waals surface area contributed by atoms with E-state index in [1.54, 1.807) is 30.3 Å². The molecule has 1 atom stereocenters. The van der Waals surface area contributed by atoms with E-state index in [1.807, 2.05) is 30.3 Å². The summed E-state index contributed by atoms with van der Waals surface area (Å²) in [7, 11) is -4.61. The third-order valence-electron chi connectivity index (χ3n) is 8.64. The Hall–Kier alpha value is -4.06. The standard InChI is InChI=1S/C37H36Cl2F3N3O4S/c38-28-18-16-27(17-19-28)24-44(34(22-26-10-4-1-5-11-26)36(47)43-29-12-6-2-7-13-29)35(46)25-45(50(48,49)31-14-8-3-9-15-31)30-20-21-33(39)32(23-30)37(40,41)42/h1,3-5,8-11,14-21,23,29,34H,2,6-7,12-13,22,24-25H2,(H,43,47). The molecule has 5 rings (SSSR count). The fourth-order valence-electron chi connectivity index (χ4n) is 6.02. The van der Waals surface area contributed by atoms with Crippen LogP contribution in [0.1, 0.15) is 48.8 Å². The van der Waals surface area contributed by atoms with E-state index in [-0.39, 0.29) is 23.9 Å². The van der Waals surface area contributed by atoms with Crippen molar-refractivity contribution in [2.24, 2.45) is 0 Å². The zero-order valence-corrected chi connectivity index (χ0v) is 29.3. The minimum atomic E-state index is -4.90. The van der Waals surface area contributed by atoms with Crippen LogP contribution in [0.4, 0.5) is 18.9 Å². The van der Waals surface area contributed by atoms with E-state index in [9.17, 15) is 31.2 Å². The van der Waals surface area contributed by atoms with Crippen LogP contribution in [0.2, 0.25) is 10.0 Å². The van der Waals surface area contributed by atoms with Gasteiger partial charge < -0.3 is 10.2 Å². The quantitative estimate of drug-likeness (QED) is 0.158. The summed E-state index contributed by atoms with van der Waals surface area (Å²) in [6.45, 7) is -1.02. The number of halogens is 5. The topological polar surface area (TPSA) is 86.8 Å². The molecule has 1 fully saturated rings. The normalized spacial score (nSPS) is 14.5. The molecule has 7 nitrogen and oxygen atoms in total. The van der Waals surface area contributed by atoms with Crippen LogP contribution in [0, 0.1) is 0 Å². The smallest absolute Gasteiger partial charge is 0.352 e. The Kier molecular flexibility index (Phi) is 12.1. The van der Waals surface area contributed by atoms with Crippen molar-refractivity contribution < 1.29 is 31.2 Å². The fraction of sp³-hybridized carbons (Fsp3) is 0.297. The lowest BCUT2D eigenvalue weighted by Gasteiger charge is -2.35. The number of carbonyl (C=O) groups excluding carboxylic acids is 2. The van der Waals surface area contributed by atoms with Crippen molar-refractivity contribution in [3.05, 3.63) is 130 Å². The molecule has 0 bridgehead atoms. The van der Waals surface area contributed by atoms with Crippen molar-refractivity contribution in [3.63, 3.8) is 0 Å². The lowest BCUT2D eigenvalue weighted by Crippen LogP contribution is -2.55. The number of nitrogens with one attached hydrogen (secondary N) is 1. The maximum absolute atomic E-state index is 14.6. The van der Waals surface area contributed by atoms with Crippen molar-refractivity contribution in [1.29, 1.82) is 0 Å². The van der Waals surface area contributed by atoms with Crippen molar-refractivity contribution in [2.45, 2.75) is 68.2 Å². The predicted octanol–water partition coefficient (Wildman–Crippen LogP) is 8.30. The SMILES string of the molecule is O=C(NC1CCCCC1)C(Cc1ccccc1)N(Cc1ccc(Cl)cc1)C(=O)CN(c1ccc(Cl)c(C(F)(F)F)c1)S(=O)(=O)c1ccccc1. The number of nitrogens with zero attached hydrogens (tertiary/aromatic N) is 2. The minimum Gasteiger partial charge on any atom is -0.352 e. The number of hydrogen-bond donors (Lipinski definition) is 1. The molecule has 1 aliphatic rings. The molecular formula is C37H36Cl2F3N3O4S. The molecule has 0 heterocycles. The predicted molar refractivity (Wildman–Crippen MR) is 188 cm³/mol. The molecule has 0 spiro atoms. The molecule has 1 unspecified atom stereocenters. The van der Waals surface area contributed by atoms with E-state index < -0.39 is 56.9 Å². The molecule has 4 aromatic rings.